The van der Waals surface area contributed by atoms with Gasteiger partial charge in [0, 0.05) is 25.0 Å². The molecular weight excluding hydrogens is 292 g/mol. The van der Waals surface area contributed by atoms with Crippen molar-refractivity contribution in [2.75, 3.05) is 16.9 Å². The largest absolute Gasteiger partial charge is 0.395 e. The fourth-order valence-corrected chi connectivity index (χ4v) is 2.37. The van der Waals surface area contributed by atoms with Crippen molar-refractivity contribution in [2.24, 2.45) is 5.84 Å². The lowest BCUT2D eigenvalue weighted by atomic mass is 10.1. The van der Waals surface area contributed by atoms with Crippen LogP contribution in [-0.2, 0) is 13.0 Å². The summed E-state index contributed by atoms with van der Waals surface area (Å²) in [6.45, 7) is 0.664. The predicted molar refractivity (Wildman–Crippen MR) is 89.2 cm³/mol. The first-order valence-corrected chi connectivity index (χ1v) is 7.07. The molecule has 0 bridgehead atoms. The summed E-state index contributed by atoms with van der Waals surface area (Å²) >= 11 is 0. The Hall–Kier alpha value is -3.13. The molecule has 0 unspecified atom stereocenters. The number of nitrogens with zero attached hydrogens (tertiary/aromatic N) is 4. The highest BCUT2D eigenvalue weighted by atomic mass is 15.3. The molecule has 118 valence electrons. The van der Waals surface area contributed by atoms with Gasteiger partial charge in [0.2, 0.25) is 0 Å². The zero-order chi connectivity index (χ0) is 16.2. The minimum absolute atomic E-state index is 0.366. The van der Waals surface area contributed by atoms with E-state index in [1.807, 2.05) is 35.4 Å². The van der Waals surface area contributed by atoms with Gasteiger partial charge < -0.3 is 16.9 Å². The molecule has 3 aromatic heterocycles. The number of anilines is 3. The normalized spacial score (nSPS) is 10.7. The molecule has 8 nitrogen and oxygen atoms in total. The molecule has 0 fully saturated rings. The van der Waals surface area contributed by atoms with E-state index < -0.39 is 0 Å². The molecule has 0 aromatic carbocycles. The Morgan fingerprint density at radius 1 is 1.17 bits per heavy atom. The lowest BCUT2D eigenvalue weighted by Gasteiger charge is -2.10. The molecule has 0 aliphatic heterocycles. The maximum Gasteiger partial charge on any atom is 0.165 e. The van der Waals surface area contributed by atoms with Gasteiger partial charge >= 0.3 is 0 Å². The van der Waals surface area contributed by atoms with E-state index in [0.29, 0.717) is 30.3 Å². The third-order valence-corrected chi connectivity index (χ3v) is 3.45. The van der Waals surface area contributed by atoms with Crippen LogP contribution in [0.4, 0.5) is 17.3 Å². The van der Waals surface area contributed by atoms with Crippen LogP contribution in [0.2, 0.25) is 0 Å². The highest BCUT2D eigenvalue weighted by Crippen LogP contribution is 2.24. The van der Waals surface area contributed by atoms with Gasteiger partial charge in [-0.05, 0) is 28.8 Å². The summed E-state index contributed by atoms with van der Waals surface area (Å²) in [6, 6.07) is 5.66. The number of hydrogen-bond donors (Lipinski definition) is 4. The van der Waals surface area contributed by atoms with E-state index in [0.717, 1.165) is 16.7 Å². The standard InChI is InChI=1S/C15H18N8/c16-13-5-12(14(17)15(21-13)22-18)4-11-7-20-23(9-11)8-10-2-1-3-19-6-10/h1-3,5-7,9H,4,8,17-18H2,(H3,16,21,22). The molecule has 0 amide bonds. The molecule has 0 radical (unpaired) electrons. The van der Waals surface area contributed by atoms with Crippen molar-refractivity contribution in [3.8, 4) is 0 Å². The monoisotopic (exact) mass is 310 g/mol. The quantitative estimate of drug-likeness (QED) is 0.404. The molecule has 3 aromatic rings. The van der Waals surface area contributed by atoms with Gasteiger partial charge in [0.05, 0.1) is 18.4 Å². The Morgan fingerprint density at radius 3 is 2.78 bits per heavy atom. The molecule has 0 saturated carbocycles. The third kappa shape index (κ3) is 3.38. The van der Waals surface area contributed by atoms with Gasteiger partial charge in [0.15, 0.2) is 5.82 Å². The van der Waals surface area contributed by atoms with Gasteiger partial charge in [-0.3, -0.25) is 9.67 Å². The number of nitrogen functional groups attached to an aromatic ring is 3. The summed E-state index contributed by atoms with van der Waals surface area (Å²) in [5, 5.41) is 4.36. The van der Waals surface area contributed by atoms with Gasteiger partial charge in [-0.2, -0.15) is 5.10 Å². The van der Waals surface area contributed by atoms with Crippen molar-refractivity contribution in [2.45, 2.75) is 13.0 Å². The Balaban J connectivity index is 1.78. The van der Waals surface area contributed by atoms with Crippen molar-refractivity contribution in [1.82, 2.24) is 19.7 Å². The van der Waals surface area contributed by atoms with E-state index >= 15 is 0 Å². The Bertz CT molecular complexity index is 796. The second kappa shape index (κ2) is 6.32. The lowest BCUT2D eigenvalue weighted by molar-refractivity contribution is 0.684. The van der Waals surface area contributed by atoms with Crippen LogP contribution in [0.3, 0.4) is 0 Å². The molecule has 0 spiro atoms. The van der Waals surface area contributed by atoms with Crippen molar-refractivity contribution in [1.29, 1.82) is 0 Å². The molecule has 3 rings (SSSR count). The molecule has 23 heavy (non-hydrogen) atoms. The molecule has 0 aliphatic carbocycles. The SMILES string of the molecule is NNc1nc(N)cc(Cc2cnn(Cc3cccnc3)c2)c1N. The summed E-state index contributed by atoms with van der Waals surface area (Å²) in [5.41, 5.74) is 17.7. The molecule has 0 aliphatic rings. The summed E-state index contributed by atoms with van der Waals surface area (Å²) < 4.78 is 1.86. The number of aromatic nitrogens is 4. The highest BCUT2D eigenvalue weighted by Gasteiger charge is 2.10. The van der Waals surface area contributed by atoms with Crippen LogP contribution in [-0.4, -0.2) is 19.7 Å². The summed E-state index contributed by atoms with van der Waals surface area (Å²) in [4.78, 5) is 8.14. The average molecular weight is 310 g/mol. The number of hydrogen-bond acceptors (Lipinski definition) is 7. The van der Waals surface area contributed by atoms with E-state index in [9.17, 15) is 0 Å². The fourth-order valence-electron chi connectivity index (χ4n) is 2.37. The first-order chi connectivity index (χ1) is 11.2. The number of nitrogens with two attached hydrogens (primary N) is 3. The maximum atomic E-state index is 6.04. The van der Waals surface area contributed by atoms with E-state index in [-0.39, 0.29) is 0 Å². The second-order valence-corrected chi connectivity index (χ2v) is 5.20. The first kappa shape index (κ1) is 14.8. The van der Waals surface area contributed by atoms with Crippen LogP contribution in [0.5, 0.6) is 0 Å². The fraction of sp³-hybridized carbons (Fsp3) is 0.133. The first-order valence-electron chi connectivity index (χ1n) is 7.07. The van der Waals surface area contributed by atoms with Crippen LogP contribution in [0, 0.1) is 0 Å². The van der Waals surface area contributed by atoms with Crippen molar-refractivity contribution < 1.29 is 0 Å². The number of pyridine rings is 2. The Morgan fingerprint density at radius 2 is 2.04 bits per heavy atom. The van der Waals surface area contributed by atoms with E-state index in [1.165, 1.54) is 0 Å². The molecule has 8 heteroatoms. The molecule has 0 atom stereocenters. The van der Waals surface area contributed by atoms with Gasteiger partial charge in [0.25, 0.3) is 0 Å². The van der Waals surface area contributed by atoms with E-state index in [4.69, 9.17) is 17.3 Å². The van der Waals surface area contributed by atoms with Crippen molar-refractivity contribution in [3.05, 3.63) is 59.7 Å². The Kier molecular flexibility index (Phi) is 4.07. The maximum absolute atomic E-state index is 6.04. The van der Waals surface area contributed by atoms with Crippen LogP contribution in [0.15, 0.2) is 43.0 Å². The molecular formula is C15H18N8. The predicted octanol–water partition coefficient (Wildman–Crippen LogP) is 0.762. The van der Waals surface area contributed by atoms with Crippen LogP contribution in [0.1, 0.15) is 16.7 Å². The van der Waals surface area contributed by atoms with Gasteiger partial charge in [-0.1, -0.05) is 6.07 Å². The van der Waals surface area contributed by atoms with Gasteiger partial charge in [0.1, 0.15) is 5.82 Å². The number of hydrazine groups is 1. The van der Waals surface area contributed by atoms with Crippen molar-refractivity contribution in [3.63, 3.8) is 0 Å². The molecule has 0 saturated heterocycles. The lowest BCUT2D eigenvalue weighted by Crippen LogP contribution is -2.13. The second-order valence-electron chi connectivity index (χ2n) is 5.20. The zero-order valence-electron chi connectivity index (χ0n) is 12.5. The van der Waals surface area contributed by atoms with Crippen molar-refractivity contribution >= 4 is 17.3 Å². The molecule has 7 N–H and O–H groups in total. The van der Waals surface area contributed by atoms with Crippen LogP contribution >= 0.6 is 0 Å². The smallest absolute Gasteiger partial charge is 0.165 e. The highest BCUT2D eigenvalue weighted by molar-refractivity contribution is 5.68. The topological polar surface area (TPSA) is 134 Å². The van der Waals surface area contributed by atoms with Gasteiger partial charge in [-0.25, -0.2) is 10.8 Å². The minimum atomic E-state index is 0.366. The van der Waals surface area contributed by atoms with Crippen LogP contribution in [0.25, 0.3) is 0 Å². The zero-order valence-corrected chi connectivity index (χ0v) is 12.5. The third-order valence-electron chi connectivity index (χ3n) is 3.45. The number of nitrogens with one attached hydrogen (secondary N) is 1. The summed E-state index contributed by atoms with van der Waals surface area (Å²) in [7, 11) is 0. The summed E-state index contributed by atoms with van der Waals surface area (Å²) in [6.07, 6.45) is 7.95. The van der Waals surface area contributed by atoms with Crippen LogP contribution < -0.4 is 22.7 Å². The van der Waals surface area contributed by atoms with E-state index in [1.54, 1.807) is 12.3 Å². The molecule has 3 heterocycles. The average Bonchev–Trinajstić information content (AvgIpc) is 2.98. The Labute approximate surface area is 133 Å². The van der Waals surface area contributed by atoms with Gasteiger partial charge in [-0.15, -0.1) is 0 Å². The summed E-state index contributed by atoms with van der Waals surface area (Å²) in [5.74, 6) is 6.14. The number of rotatable bonds is 5. The van der Waals surface area contributed by atoms with E-state index in [2.05, 4.69) is 20.5 Å². The minimum Gasteiger partial charge on any atom is -0.395 e.